The van der Waals surface area contributed by atoms with Crippen LogP contribution >= 0.6 is 11.8 Å². The zero-order valence-corrected chi connectivity index (χ0v) is 11.2. The molecule has 0 saturated heterocycles. The number of amides is 1. The Kier molecular flexibility index (Phi) is 4.24. The number of carbonyl (C=O) groups excluding carboxylic acids is 1. The molecule has 1 aliphatic heterocycles. The highest BCUT2D eigenvalue weighted by Crippen LogP contribution is 2.23. The van der Waals surface area contributed by atoms with Gasteiger partial charge in [-0.25, -0.2) is 0 Å². The molecular formula is C11H21N3OS. The third-order valence-electron chi connectivity index (χ3n) is 2.50. The topological polar surface area (TPSA) is 67.5 Å². The fourth-order valence-corrected chi connectivity index (χ4v) is 2.92. The Hall–Kier alpha value is -0.710. The SMILES string of the molecule is CC(C)C1CSC(NC(C)(C)CC(N)=O)=N1. The minimum atomic E-state index is -0.316. The standard InChI is InChI=1S/C11H21N3OS/c1-7(2)8-6-16-10(13-8)14-11(3,4)5-9(12)15/h7-8H,5-6H2,1-4H3,(H2,12,15)(H,13,14). The van der Waals surface area contributed by atoms with Gasteiger partial charge in [-0.05, 0) is 19.8 Å². The van der Waals surface area contributed by atoms with Crippen LogP contribution in [-0.2, 0) is 4.79 Å². The monoisotopic (exact) mass is 243 g/mol. The van der Waals surface area contributed by atoms with Gasteiger partial charge in [0.2, 0.25) is 5.91 Å². The number of primary amides is 1. The van der Waals surface area contributed by atoms with Crippen LogP contribution in [0, 0.1) is 5.92 Å². The lowest BCUT2D eigenvalue weighted by atomic mass is 10.0. The molecule has 0 aromatic rings. The van der Waals surface area contributed by atoms with Crippen molar-refractivity contribution >= 4 is 22.8 Å². The number of nitrogens with two attached hydrogens (primary N) is 1. The van der Waals surface area contributed by atoms with E-state index < -0.39 is 0 Å². The van der Waals surface area contributed by atoms with E-state index in [9.17, 15) is 4.79 Å². The molecule has 1 rings (SSSR count). The Morgan fingerprint density at radius 3 is 2.75 bits per heavy atom. The summed E-state index contributed by atoms with van der Waals surface area (Å²) >= 11 is 1.72. The second-order valence-corrected chi connectivity index (χ2v) is 6.22. The fraction of sp³-hybridized carbons (Fsp3) is 0.818. The molecule has 0 bridgehead atoms. The average molecular weight is 243 g/mol. The number of amidine groups is 1. The quantitative estimate of drug-likeness (QED) is 0.783. The highest BCUT2D eigenvalue weighted by Gasteiger charge is 2.27. The second-order valence-electron chi connectivity index (χ2n) is 5.21. The maximum Gasteiger partial charge on any atom is 0.219 e. The van der Waals surface area contributed by atoms with Crippen LogP contribution in [0.5, 0.6) is 0 Å². The number of aliphatic imine (C=N–C) groups is 1. The van der Waals surface area contributed by atoms with Crippen LogP contribution in [0.1, 0.15) is 34.1 Å². The molecule has 0 aliphatic carbocycles. The van der Waals surface area contributed by atoms with Gasteiger partial charge in [-0.2, -0.15) is 0 Å². The summed E-state index contributed by atoms with van der Waals surface area (Å²) in [6.07, 6.45) is 0.318. The Morgan fingerprint density at radius 1 is 1.69 bits per heavy atom. The zero-order chi connectivity index (χ0) is 12.3. The van der Waals surface area contributed by atoms with Crippen molar-refractivity contribution in [2.75, 3.05) is 5.75 Å². The zero-order valence-electron chi connectivity index (χ0n) is 10.4. The molecule has 92 valence electrons. The molecule has 16 heavy (non-hydrogen) atoms. The van der Waals surface area contributed by atoms with Gasteiger partial charge < -0.3 is 11.1 Å². The summed E-state index contributed by atoms with van der Waals surface area (Å²) in [6.45, 7) is 8.27. The number of thioether (sulfide) groups is 1. The van der Waals surface area contributed by atoms with Crippen molar-refractivity contribution in [3.63, 3.8) is 0 Å². The maximum atomic E-state index is 10.9. The third-order valence-corrected chi connectivity index (χ3v) is 3.49. The fourth-order valence-electron chi connectivity index (χ4n) is 1.57. The van der Waals surface area contributed by atoms with Gasteiger partial charge in [-0.15, -0.1) is 0 Å². The van der Waals surface area contributed by atoms with Gasteiger partial charge >= 0.3 is 0 Å². The van der Waals surface area contributed by atoms with Crippen LogP contribution in [0.25, 0.3) is 0 Å². The molecule has 0 fully saturated rings. The van der Waals surface area contributed by atoms with Gasteiger partial charge in [-0.1, -0.05) is 25.6 Å². The first-order valence-corrected chi connectivity index (χ1v) is 6.56. The molecule has 0 spiro atoms. The van der Waals surface area contributed by atoms with Gasteiger partial charge in [-0.3, -0.25) is 9.79 Å². The van der Waals surface area contributed by atoms with Crippen LogP contribution in [0.2, 0.25) is 0 Å². The van der Waals surface area contributed by atoms with Gasteiger partial charge in [0.25, 0.3) is 0 Å². The maximum absolute atomic E-state index is 10.9. The summed E-state index contributed by atoms with van der Waals surface area (Å²) in [5.74, 6) is 1.29. The first kappa shape index (κ1) is 13.4. The first-order chi connectivity index (χ1) is 7.30. The highest BCUT2D eigenvalue weighted by molar-refractivity contribution is 8.14. The summed E-state index contributed by atoms with van der Waals surface area (Å²) in [6, 6.07) is 0.386. The van der Waals surface area contributed by atoms with Gasteiger partial charge in [0.1, 0.15) is 0 Å². The van der Waals surface area contributed by atoms with Crippen molar-refractivity contribution in [1.82, 2.24) is 5.32 Å². The van der Waals surface area contributed by atoms with Crippen molar-refractivity contribution in [2.45, 2.75) is 45.7 Å². The summed E-state index contributed by atoms with van der Waals surface area (Å²) in [7, 11) is 0. The molecule has 5 heteroatoms. The van der Waals surface area contributed by atoms with Crippen LogP contribution in [-0.4, -0.2) is 28.4 Å². The minimum absolute atomic E-state index is 0.290. The Morgan fingerprint density at radius 2 is 2.31 bits per heavy atom. The highest BCUT2D eigenvalue weighted by atomic mass is 32.2. The van der Waals surface area contributed by atoms with E-state index in [-0.39, 0.29) is 11.4 Å². The van der Waals surface area contributed by atoms with Crippen molar-refractivity contribution in [1.29, 1.82) is 0 Å². The Balaban J connectivity index is 2.55. The number of carbonyl (C=O) groups is 1. The summed E-state index contributed by atoms with van der Waals surface area (Å²) < 4.78 is 0. The van der Waals surface area contributed by atoms with E-state index in [0.29, 0.717) is 18.4 Å². The van der Waals surface area contributed by atoms with E-state index >= 15 is 0 Å². The normalized spacial score (nSPS) is 21.1. The van der Waals surface area contributed by atoms with Crippen molar-refractivity contribution < 1.29 is 4.79 Å². The van der Waals surface area contributed by atoms with Crippen LogP contribution < -0.4 is 11.1 Å². The van der Waals surface area contributed by atoms with Gasteiger partial charge in [0.05, 0.1) is 6.04 Å². The Labute approximate surface area is 101 Å². The number of nitrogens with zero attached hydrogens (tertiary/aromatic N) is 1. The number of rotatable bonds is 4. The Bertz CT molecular complexity index is 300. The van der Waals surface area contributed by atoms with Crippen LogP contribution in [0.15, 0.2) is 4.99 Å². The molecule has 0 radical (unpaired) electrons. The largest absolute Gasteiger partial charge is 0.370 e. The summed E-state index contributed by atoms with van der Waals surface area (Å²) in [4.78, 5) is 15.5. The lowest BCUT2D eigenvalue weighted by Crippen LogP contribution is -2.44. The molecule has 1 amide bonds. The van der Waals surface area contributed by atoms with Crippen molar-refractivity contribution in [3.05, 3.63) is 0 Å². The molecular weight excluding hydrogens is 222 g/mol. The predicted molar refractivity (Wildman–Crippen MR) is 69.5 cm³/mol. The molecule has 0 saturated carbocycles. The molecule has 1 atom stereocenters. The van der Waals surface area contributed by atoms with E-state index in [0.717, 1.165) is 10.9 Å². The second kappa shape index (κ2) is 5.08. The summed E-state index contributed by atoms with van der Waals surface area (Å²) in [5.41, 5.74) is 4.89. The first-order valence-electron chi connectivity index (χ1n) is 5.57. The molecule has 0 aromatic heterocycles. The number of hydrogen-bond donors (Lipinski definition) is 2. The van der Waals surface area contributed by atoms with E-state index in [1.54, 1.807) is 11.8 Å². The predicted octanol–water partition coefficient (Wildman–Crippen LogP) is 1.36. The van der Waals surface area contributed by atoms with Gasteiger partial charge in [0.15, 0.2) is 5.17 Å². The van der Waals surface area contributed by atoms with E-state index in [1.165, 1.54) is 0 Å². The van der Waals surface area contributed by atoms with Crippen LogP contribution in [0.4, 0.5) is 0 Å². The average Bonchev–Trinajstić information content (AvgIpc) is 2.48. The molecule has 1 unspecified atom stereocenters. The smallest absolute Gasteiger partial charge is 0.219 e. The minimum Gasteiger partial charge on any atom is -0.370 e. The lowest BCUT2D eigenvalue weighted by Gasteiger charge is -2.25. The van der Waals surface area contributed by atoms with Crippen LogP contribution in [0.3, 0.4) is 0 Å². The number of nitrogens with one attached hydrogen (secondary N) is 1. The molecule has 3 N–H and O–H groups in total. The van der Waals surface area contributed by atoms with Crippen molar-refractivity contribution in [2.24, 2.45) is 16.6 Å². The number of hydrogen-bond acceptors (Lipinski definition) is 4. The van der Waals surface area contributed by atoms with Crippen molar-refractivity contribution in [3.8, 4) is 0 Å². The lowest BCUT2D eigenvalue weighted by molar-refractivity contribution is -0.119. The van der Waals surface area contributed by atoms with Gasteiger partial charge in [0, 0.05) is 17.7 Å². The van der Waals surface area contributed by atoms with E-state index in [1.807, 2.05) is 13.8 Å². The third kappa shape index (κ3) is 4.04. The molecule has 0 aromatic carbocycles. The molecule has 1 aliphatic rings. The summed E-state index contributed by atoms with van der Waals surface area (Å²) in [5, 5.41) is 4.22. The molecule has 4 nitrogen and oxygen atoms in total. The molecule has 1 heterocycles. The van der Waals surface area contributed by atoms with E-state index in [2.05, 4.69) is 24.2 Å². The van der Waals surface area contributed by atoms with E-state index in [4.69, 9.17) is 5.73 Å².